The van der Waals surface area contributed by atoms with Crippen LogP contribution in [-0.4, -0.2) is 30.0 Å². The zero-order valence-corrected chi connectivity index (χ0v) is 11.2. The van der Waals surface area contributed by atoms with Gasteiger partial charge in [0.25, 0.3) is 0 Å². The number of benzene rings is 1. The van der Waals surface area contributed by atoms with Gasteiger partial charge in [-0.2, -0.15) is 0 Å². The van der Waals surface area contributed by atoms with Gasteiger partial charge in [-0.05, 0) is 35.2 Å². The van der Waals surface area contributed by atoms with Crippen LogP contribution >= 0.6 is 0 Å². The molecule has 0 aliphatic carbocycles. The standard InChI is InChI=1S/C16H17N3O/c20-16-15(18-9-10-19-16)11-12-1-3-13(4-2-12)14-5-7-17-8-6-14/h1-8,15,18H,9-11H2,(H,19,20)/t15-/m1/s1. The number of nitrogens with zero attached hydrogens (tertiary/aromatic N) is 1. The van der Waals surface area contributed by atoms with E-state index in [-0.39, 0.29) is 11.9 Å². The summed E-state index contributed by atoms with van der Waals surface area (Å²) in [5.41, 5.74) is 3.48. The molecule has 1 saturated heterocycles. The third kappa shape index (κ3) is 2.86. The number of rotatable bonds is 3. The summed E-state index contributed by atoms with van der Waals surface area (Å²) in [5.74, 6) is 0.0921. The molecular weight excluding hydrogens is 250 g/mol. The first-order valence-corrected chi connectivity index (χ1v) is 6.83. The molecule has 1 fully saturated rings. The van der Waals surface area contributed by atoms with Crippen LogP contribution in [0.2, 0.25) is 0 Å². The van der Waals surface area contributed by atoms with E-state index in [4.69, 9.17) is 0 Å². The normalized spacial score (nSPS) is 18.6. The van der Waals surface area contributed by atoms with Gasteiger partial charge in [0.15, 0.2) is 0 Å². The Morgan fingerprint density at radius 3 is 2.40 bits per heavy atom. The Kier molecular flexibility index (Phi) is 3.74. The van der Waals surface area contributed by atoms with Crippen molar-refractivity contribution in [3.05, 3.63) is 54.4 Å². The fraction of sp³-hybridized carbons (Fsp3) is 0.250. The minimum absolute atomic E-state index is 0.0921. The van der Waals surface area contributed by atoms with Crippen LogP contribution in [0.4, 0.5) is 0 Å². The first-order chi connectivity index (χ1) is 9.83. The van der Waals surface area contributed by atoms with Crippen LogP contribution in [0.15, 0.2) is 48.8 Å². The smallest absolute Gasteiger partial charge is 0.237 e. The first-order valence-electron chi connectivity index (χ1n) is 6.83. The van der Waals surface area contributed by atoms with Crippen molar-refractivity contribution in [1.29, 1.82) is 0 Å². The Balaban J connectivity index is 1.72. The Hall–Kier alpha value is -2.20. The molecule has 0 spiro atoms. The van der Waals surface area contributed by atoms with E-state index in [2.05, 4.69) is 39.9 Å². The molecule has 4 heteroatoms. The fourth-order valence-corrected chi connectivity index (χ4v) is 2.43. The Morgan fingerprint density at radius 1 is 1.00 bits per heavy atom. The SMILES string of the molecule is O=C1NCCN[C@@H]1Cc1ccc(-c2ccncc2)cc1. The van der Waals surface area contributed by atoms with Gasteiger partial charge in [-0.1, -0.05) is 24.3 Å². The molecule has 1 amide bonds. The van der Waals surface area contributed by atoms with Crippen molar-refractivity contribution in [2.75, 3.05) is 13.1 Å². The minimum Gasteiger partial charge on any atom is -0.353 e. The van der Waals surface area contributed by atoms with E-state index in [1.54, 1.807) is 12.4 Å². The lowest BCUT2D eigenvalue weighted by Crippen LogP contribution is -2.53. The third-order valence-electron chi connectivity index (χ3n) is 3.54. The molecule has 1 aromatic carbocycles. The van der Waals surface area contributed by atoms with Gasteiger partial charge in [-0.15, -0.1) is 0 Å². The molecule has 0 bridgehead atoms. The molecule has 2 aromatic rings. The Bertz CT molecular complexity index is 580. The number of hydrogen-bond donors (Lipinski definition) is 2. The molecule has 2 heterocycles. The quantitative estimate of drug-likeness (QED) is 0.883. The second-order valence-electron chi connectivity index (χ2n) is 4.93. The average Bonchev–Trinajstić information content (AvgIpc) is 2.51. The van der Waals surface area contributed by atoms with E-state index in [9.17, 15) is 4.79 Å². The number of pyridine rings is 1. The number of carbonyl (C=O) groups is 1. The van der Waals surface area contributed by atoms with Crippen LogP contribution in [0.1, 0.15) is 5.56 Å². The molecule has 2 N–H and O–H groups in total. The first kappa shape index (κ1) is 12.8. The zero-order chi connectivity index (χ0) is 13.8. The highest BCUT2D eigenvalue weighted by atomic mass is 16.2. The molecular formula is C16H17N3O. The number of piperazine rings is 1. The Labute approximate surface area is 118 Å². The predicted octanol–water partition coefficient (Wildman–Crippen LogP) is 1.38. The lowest BCUT2D eigenvalue weighted by atomic mass is 10.0. The second-order valence-corrected chi connectivity index (χ2v) is 4.93. The maximum absolute atomic E-state index is 11.7. The van der Waals surface area contributed by atoms with E-state index in [0.717, 1.165) is 36.2 Å². The van der Waals surface area contributed by atoms with E-state index >= 15 is 0 Å². The molecule has 102 valence electrons. The third-order valence-corrected chi connectivity index (χ3v) is 3.54. The molecule has 20 heavy (non-hydrogen) atoms. The van der Waals surface area contributed by atoms with Crippen LogP contribution < -0.4 is 10.6 Å². The van der Waals surface area contributed by atoms with Gasteiger partial charge in [0.05, 0.1) is 6.04 Å². The van der Waals surface area contributed by atoms with Crippen molar-refractivity contribution in [2.45, 2.75) is 12.5 Å². The number of carbonyl (C=O) groups excluding carboxylic acids is 1. The van der Waals surface area contributed by atoms with Gasteiger partial charge >= 0.3 is 0 Å². The molecule has 3 rings (SSSR count). The van der Waals surface area contributed by atoms with Crippen LogP contribution in [0.5, 0.6) is 0 Å². The summed E-state index contributed by atoms with van der Waals surface area (Å²) in [6, 6.07) is 12.2. The van der Waals surface area contributed by atoms with Crippen molar-refractivity contribution in [3.63, 3.8) is 0 Å². The molecule has 1 aliphatic rings. The van der Waals surface area contributed by atoms with E-state index < -0.39 is 0 Å². The lowest BCUT2D eigenvalue weighted by molar-refractivity contribution is -0.124. The van der Waals surface area contributed by atoms with Gasteiger partial charge in [0, 0.05) is 25.5 Å². The second kappa shape index (κ2) is 5.84. The monoisotopic (exact) mass is 267 g/mol. The molecule has 1 aromatic heterocycles. The summed E-state index contributed by atoms with van der Waals surface area (Å²) in [6.45, 7) is 1.56. The summed E-state index contributed by atoms with van der Waals surface area (Å²) in [4.78, 5) is 15.7. The summed E-state index contributed by atoms with van der Waals surface area (Å²) < 4.78 is 0. The minimum atomic E-state index is -0.115. The van der Waals surface area contributed by atoms with E-state index in [1.165, 1.54) is 0 Å². The molecule has 0 radical (unpaired) electrons. The molecule has 0 unspecified atom stereocenters. The Morgan fingerprint density at radius 2 is 1.70 bits per heavy atom. The molecule has 4 nitrogen and oxygen atoms in total. The highest BCUT2D eigenvalue weighted by molar-refractivity contribution is 5.82. The summed E-state index contributed by atoms with van der Waals surface area (Å²) in [6.07, 6.45) is 4.31. The summed E-state index contributed by atoms with van der Waals surface area (Å²) in [5, 5.41) is 6.12. The molecule has 0 saturated carbocycles. The van der Waals surface area contributed by atoms with Crippen LogP contribution in [0, 0.1) is 0 Å². The highest BCUT2D eigenvalue weighted by Crippen LogP contribution is 2.19. The van der Waals surface area contributed by atoms with Crippen LogP contribution in [0.3, 0.4) is 0 Å². The van der Waals surface area contributed by atoms with E-state index in [1.807, 2.05) is 12.1 Å². The van der Waals surface area contributed by atoms with Crippen LogP contribution in [0.25, 0.3) is 11.1 Å². The zero-order valence-electron chi connectivity index (χ0n) is 11.2. The van der Waals surface area contributed by atoms with E-state index in [0.29, 0.717) is 0 Å². The maximum atomic E-state index is 11.7. The summed E-state index contributed by atoms with van der Waals surface area (Å²) >= 11 is 0. The average molecular weight is 267 g/mol. The van der Waals surface area contributed by atoms with Gasteiger partial charge in [-0.25, -0.2) is 0 Å². The van der Waals surface area contributed by atoms with Crippen LogP contribution in [-0.2, 0) is 11.2 Å². The predicted molar refractivity (Wildman–Crippen MR) is 78.2 cm³/mol. The number of aromatic nitrogens is 1. The van der Waals surface area contributed by atoms with Gasteiger partial charge in [0.2, 0.25) is 5.91 Å². The number of nitrogens with one attached hydrogen (secondary N) is 2. The van der Waals surface area contributed by atoms with Crippen molar-refractivity contribution < 1.29 is 4.79 Å². The van der Waals surface area contributed by atoms with Crippen molar-refractivity contribution in [2.24, 2.45) is 0 Å². The topological polar surface area (TPSA) is 54.0 Å². The molecule has 1 atom stereocenters. The largest absolute Gasteiger partial charge is 0.353 e. The van der Waals surface area contributed by atoms with Crippen molar-refractivity contribution in [1.82, 2.24) is 15.6 Å². The van der Waals surface area contributed by atoms with Gasteiger partial charge in [-0.3, -0.25) is 9.78 Å². The van der Waals surface area contributed by atoms with Gasteiger partial charge < -0.3 is 10.6 Å². The number of hydrogen-bond acceptors (Lipinski definition) is 3. The highest BCUT2D eigenvalue weighted by Gasteiger charge is 2.21. The maximum Gasteiger partial charge on any atom is 0.237 e. The van der Waals surface area contributed by atoms with Gasteiger partial charge in [0.1, 0.15) is 0 Å². The van der Waals surface area contributed by atoms with Crippen molar-refractivity contribution in [3.8, 4) is 11.1 Å². The summed E-state index contributed by atoms with van der Waals surface area (Å²) in [7, 11) is 0. The number of amides is 1. The fourth-order valence-electron chi connectivity index (χ4n) is 2.43. The lowest BCUT2D eigenvalue weighted by Gasteiger charge is -2.23. The van der Waals surface area contributed by atoms with Crippen molar-refractivity contribution >= 4 is 5.91 Å². The molecule has 1 aliphatic heterocycles.